The van der Waals surface area contributed by atoms with Crippen LogP contribution in [0.3, 0.4) is 0 Å². The molecule has 3 rings (SSSR count). The van der Waals surface area contributed by atoms with E-state index in [0.717, 1.165) is 15.4 Å². The zero-order chi connectivity index (χ0) is 27.9. The van der Waals surface area contributed by atoms with Gasteiger partial charge in [0.2, 0.25) is 11.8 Å². The summed E-state index contributed by atoms with van der Waals surface area (Å²) in [6.07, 6.45) is 0.898. The van der Waals surface area contributed by atoms with Crippen molar-refractivity contribution < 1.29 is 18.0 Å². The largest absolute Gasteiger partial charge is 0.357 e. The number of sulfonamides is 1. The lowest BCUT2D eigenvalue weighted by Gasteiger charge is -2.33. The van der Waals surface area contributed by atoms with E-state index in [4.69, 9.17) is 11.6 Å². The highest BCUT2D eigenvalue weighted by Crippen LogP contribution is 2.29. The zero-order valence-electron chi connectivity index (χ0n) is 22.1. The Morgan fingerprint density at radius 1 is 0.974 bits per heavy atom. The number of carbonyl (C=O) groups is 2. The minimum Gasteiger partial charge on any atom is -0.357 e. The van der Waals surface area contributed by atoms with Gasteiger partial charge < -0.3 is 10.2 Å². The molecule has 3 aromatic rings. The molecule has 3 aromatic carbocycles. The van der Waals surface area contributed by atoms with Crippen molar-refractivity contribution in [3.63, 3.8) is 0 Å². The molecule has 9 heteroatoms. The molecule has 0 radical (unpaired) electrons. The van der Waals surface area contributed by atoms with Crippen molar-refractivity contribution in [2.45, 2.75) is 44.6 Å². The van der Waals surface area contributed by atoms with E-state index in [-0.39, 0.29) is 17.3 Å². The minimum absolute atomic E-state index is 0.0689. The van der Waals surface area contributed by atoms with Crippen molar-refractivity contribution in [2.75, 3.05) is 24.4 Å². The van der Waals surface area contributed by atoms with Crippen LogP contribution < -0.4 is 9.62 Å². The fourth-order valence-electron chi connectivity index (χ4n) is 4.31. The number of nitrogens with one attached hydrogen (secondary N) is 1. The highest BCUT2D eigenvalue weighted by atomic mass is 35.5. The highest BCUT2D eigenvalue weighted by Gasteiger charge is 2.33. The molecule has 0 fully saturated rings. The van der Waals surface area contributed by atoms with Crippen LogP contribution in [0.25, 0.3) is 0 Å². The first-order valence-electron chi connectivity index (χ1n) is 12.5. The smallest absolute Gasteiger partial charge is 0.264 e. The molecule has 0 spiro atoms. The fourth-order valence-corrected chi connectivity index (χ4v) is 6.02. The Balaban J connectivity index is 2.04. The van der Waals surface area contributed by atoms with Crippen LogP contribution in [0, 0.1) is 13.8 Å². The van der Waals surface area contributed by atoms with Gasteiger partial charge in [0.15, 0.2) is 0 Å². The molecule has 0 saturated heterocycles. The van der Waals surface area contributed by atoms with Gasteiger partial charge in [0.1, 0.15) is 12.6 Å². The molecule has 2 amide bonds. The number of benzene rings is 3. The molecule has 0 heterocycles. The number of hydrogen-bond acceptors (Lipinski definition) is 4. The van der Waals surface area contributed by atoms with E-state index in [0.29, 0.717) is 29.1 Å². The van der Waals surface area contributed by atoms with Gasteiger partial charge in [0.05, 0.1) is 10.6 Å². The van der Waals surface area contributed by atoms with E-state index in [2.05, 4.69) is 5.32 Å². The van der Waals surface area contributed by atoms with Gasteiger partial charge in [-0.3, -0.25) is 13.9 Å². The maximum absolute atomic E-state index is 13.9. The van der Waals surface area contributed by atoms with Gasteiger partial charge in [0.25, 0.3) is 10.0 Å². The van der Waals surface area contributed by atoms with Crippen LogP contribution in [-0.2, 0) is 26.0 Å². The first-order valence-corrected chi connectivity index (χ1v) is 14.3. The second-order valence-corrected chi connectivity index (χ2v) is 11.4. The summed E-state index contributed by atoms with van der Waals surface area (Å²) in [7, 11) is -2.59. The Morgan fingerprint density at radius 2 is 1.63 bits per heavy atom. The number of aryl methyl sites for hydroxylation is 2. The second-order valence-electron chi connectivity index (χ2n) is 9.12. The molecule has 1 atom stereocenters. The SMILES string of the molecule is CC[C@H](C(=O)NC)N(CCc1ccccc1)C(=O)CN(c1ccc(Cl)cc1C)S(=O)(=O)c1ccc(C)cc1. The summed E-state index contributed by atoms with van der Waals surface area (Å²) in [5.74, 6) is -0.772. The molecule has 0 bridgehead atoms. The average molecular weight is 556 g/mol. The second kappa shape index (κ2) is 12.9. The third kappa shape index (κ3) is 6.94. The summed E-state index contributed by atoms with van der Waals surface area (Å²) in [4.78, 5) is 28.2. The van der Waals surface area contributed by atoms with Crippen molar-refractivity contribution in [2.24, 2.45) is 0 Å². The van der Waals surface area contributed by atoms with Crippen LogP contribution in [-0.4, -0.2) is 51.3 Å². The summed E-state index contributed by atoms with van der Waals surface area (Å²) < 4.78 is 28.9. The Bertz CT molecular complexity index is 1360. The van der Waals surface area contributed by atoms with Crippen LogP contribution in [0.15, 0.2) is 77.7 Å². The predicted molar refractivity (Wildman–Crippen MR) is 152 cm³/mol. The van der Waals surface area contributed by atoms with Crippen molar-refractivity contribution in [3.05, 3.63) is 94.5 Å². The maximum Gasteiger partial charge on any atom is 0.264 e. The van der Waals surface area contributed by atoms with Crippen molar-refractivity contribution in [1.82, 2.24) is 10.2 Å². The van der Waals surface area contributed by atoms with Crippen LogP contribution >= 0.6 is 11.6 Å². The Morgan fingerprint density at radius 3 is 2.21 bits per heavy atom. The molecule has 0 saturated carbocycles. The molecule has 0 aromatic heterocycles. The molecule has 0 aliphatic rings. The lowest BCUT2D eigenvalue weighted by molar-refractivity contribution is -0.139. The third-order valence-electron chi connectivity index (χ3n) is 6.43. The predicted octanol–water partition coefficient (Wildman–Crippen LogP) is 4.75. The van der Waals surface area contributed by atoms with Crippen molar-refractivity contribution >= 4 is 39.1 Å². The van der Waals surface area contributed by atoms with Crippen LogP contribution in [0.5, 0.6) is 0 Å². The normalized spacial score (nSPS) is 12.0. The van der Waals surface area contributed by atoms with Crippen molar-refractivity contribution in [3.8, 4) is 0 Å². The molecule has 7 nitrogen and oxygen atoms in total. The molecule has 1 N–H and O–H groups in total. The number of carbonyl (C=O) groups excluding carboxylic acids is 2. The molecular weight excluding hydrogens is 522 g/mol. The quantitative estimate of drug-likeness (QED) is 0.370. The Labute approximate surface area is 230 Å². The lowest BCUT2D eigenvalue weighted by atomic mass is 10.1. The summed E-state index contributed by atoms with van der Waals surface area (Å²) in [5, 5.41) is 3.09. The number of likely N-dealkylation sites (N-methyl/N-ethyl adjacent to an activating group) is 1. The number of hydrogen-bond donors (Lipinski definition) is 1. The lowest BCUT2D eigenvalue weighted by Crippen LogP contribution is -2.52. The third-order valence-corrected chi connectivity index (χ3v) is 8.44. The van der Waals surface area contributed by atoms with Gasteiger partial charge in [-0.05, 0) is 68.1 Å². The van der Waals surface area contributed by atoms with E-state index in [9.17, 15) is 18.0 Å². The monoisotopic (exact) mass is 555 g/mol. The van der Waals surface area contributed by atoms with E-state index in [1.165, 1.54) is 24.1 Å². The summed E-state index contributed by atoms with van der Waals surface area (Å²) in [6.45, 7) is 5.23. The van der Waals surface area contributed by atoms with Crippen LogP contribution in [0.2, 0.25) is 5.02 Å². The first kappa shape index (κ1) is 29.2. The summed E-state index contributed by atoms with van der Waals surface area (Å²) in [6, 6.07) is 20.2. The van der Waals surface area contributed by atoms with Gasteiger partial charge in [-0.1, -0.05) is 66.6 Å². The zero-order valence-corrected chi connectivity index (χ0v) is 23.7. The number of rotatable bonds is 11. The molecule has 0 unspecified atom stereocenters. The van der Waals surface area contributed by atoms with Gasteiger partial charge in [0, 0.05) is 18.6 Å². The van der Waals surface area contributed by atoms with Gasteiger partial charge in [-0.2, -0.15) is 0 Å². The van der Waals surface area contributed by atoms with Crippen LogP contribution in [0.4, 0.5) is 5.69 Å². The number of amides is 2. The number of anilines is 1. The molecule has 0 aliphatic carbocycles. The van der Waals surface area contributed by atoms with Crippen LogP contribution in [0.1, 0.15) is 30.0 Å². The van der Waals surface area contributed by atoms with E-state index in [1.807, 2.05) is 44.2 Å². The molecule has 202 valence electrons. The standard InChI is InChI=1S/C29H34ClN3O4S/c1-5-26(29(35)31-4)32(18-17-23-9-7-6-8-10-23)28(34)20-33(27-16-13-24(30)19-22(27)3)38(36,37)25-14-11-21(2)12-15-25/h6-16,19,26H,5,17-18,20H2,1-4H3,(H,31,35)/t26-/m1/s1. The molecule has 38 heavy (non-hydrogen) atoms. The van der Waals surface area contributed by atoms with Gasteiger partial charge >= 0.3 is 0 Å². The number of nitrogens with zero attached hydrogens (tertiary/aromatic N) is 2. The average Bonchev–Trinajstić information content (AvgIpc) is 2.90. The van der Waals surface area contributed by atoms with E-state index in [1.54, 1.807) is 37.3 Å². The van der Waals surface area contributed by atoms with E-state index >= 15 is 0 Å². The topological polar surface area (TPSA) is 86.8 Å². The summed E-state index contributed by atoms with van der Waals surface area (Å²) >= 11 is 6.15. The van der Waals surface area contributed by atoms with Gasteiger partial charge in [-0.25, -0.2) is 8.42 Å². The summed E-state index contributed by atoms with van der Waals surface area (Å²) in [5.41, 5.74) is 2.88. The fraction of sp³-hybridized carbons (Fsp3) is 0.310. The first-order chi connectivity index (χ1) is 18.1. The molecular formula is C29H34ClN3O4S. The maximum atomic E-state index is 13.9. The van der Waals surface area contributed by atoms with Crippen molar-refractivity contribution in [1.29, 1.82) is 0 Å². The molecule has 0 aliphatic heterocycles. The van der Waals surface area contributed by atoms with Gasteiger partial charge in [-0.15, -0.1) is 0 Å². The number of halogens is 1. The highest BCUT2D eigenvalue weighted by molar-refractivity contribution is 7.92. The minimum atomic E-state index is -4.12. The van der Waals surface area contributed by atoms with E-state index < -0.39 is 28.5 Å². The Hall–Kier alpha value is -3.36. The Kier molecular flexibility index (Phi) is 9.94.